The fourth-order valence-electron chi connectivity index (χ4n) is 2.70. The van der Waals surface area contributed by atoms with Crippen LogP contribution < -0.4 is 10.6 Å². The van der Waals surface area contributed by atoms with Gasteiger partial charge in [0.15, 0.2) is 0 Å². The number of amides is 4. The quantitative estimate of drug-likeness (QED) is 0.784. The summed E-state index contributed by atoms with van der Waals surface area (Å²) in [6.07, 6.45) is 0.797. The molecule has 0 saturated carbocycles. The Morgan fingerprint density at radius 3 is 2.42 bits per heavy atom. The van der Waals surface area contributed by atoms with Gasteiger partial charge in [-0.1, -0.05) is 45.0 Å². The third-order valence-electron chi connectivity index (χ3n) is 4.30. The van der Waals surface area contributed by atoms with Gasteiger partial charge in [-0.2, -0.15) is 0 Å². The minimum atomic E-state index is -1.14. The number of imide groups is 1. The van der Waals surface area contributed by atoms with E-state index in [-0.39, 0.29) is 12.5 Å². The van der Waals surface area contributed by atoms with Crippen molar-refractivity contribution in [2.24, 2.45) is 0 Å². The van der Waals surface area contributed by atoms with Crippen molar-refractivity contribution in [1.29, 1.82) is 0 Å². The van der Waals surface area contributed by atoms with Crippen molar-refractivity contribution >= 4 is 17.8 Å². The lowest BCUT2D eigenvalue weighted by Crippen LogP contribution is -2.43. The molecule has 1 aromatic carbocycles. The first-order valence-corrected chi connectivity index (χ1v) is 8.30. The molecule has 0 unspecified atom stereocenters. The minimum Gasteiger partial charge on any atom is -0.355 e. The summed E-state index contributed by atoms with van der Waals surface area (Å²) in [5.41, 5.74) is 0.731. The summed E-state index contributed by atoms with van der Waals surface area (Å²) in [5.74, 6) is -0.351. The molecule has 1 atom stereocenters. The van der Waals surface area contributed by atoms with Gasteiger partial charge in [0.05, 0.1) is 0 Å². The largest absolute Gasteiger partial charge is 0.355 e. The zero-order chi connectivity index (χ0) is 17.9. The van der Waals surface area contributed by atoms with Crippen molar-refractivity contribution in [2.75, 3.05) is 13.1 Å². The minimum absolute atomic E-state index is 0.260. The van der Waals surface area contributed by atoms with E-state index in [1.165, 1.54) is 0 Å². The van der Waals surface area contributed by atoms with E-state index >= 15 is 0 Å². The third kappa shape index (κ3) is 3.42. The Kier molecular flexibility index (Phi) is 5.26. The van der Waals surface area contributed by atoms with E-state index in [1.807, 2.05) is 31.2 Å². The molecule has 6 heteroatoms. The van der Waals surface area contributed by atoms with E-state index in [2.05, 4.69) is 24.5 Å². The molecule has 0 aromatic heterocycles. The highest BCUT2D eigenvalue weighted by Gasteiger charge is 2.49. The van der Waals surface area contributed by atoms with Gasteiger partial charge in [-0.15, -0.1) is 0 Å². The lowest BCUT2D eigenvalue weighted by molar-refractivity contribution is -0.134. The standard InChI is InChI=1S/C18H25N3O3/c1-5-10-19-15(22)11-21-16(23)18(4,20-17(21)24)14-8-6-13(7-9-14)12(2)3/h6-9,12H,5,10-11H2,1-4H3,(H,19,22)(H,20,24)/t18-/m0/s1. The number of benzene rings is 1. The average Bonchev–Trinajstić information content (AvgIpc) is 2.77. The number of hydrogen-bond acceptors (Lipinski definition) is 3. The van der Waals surface area contributed by atoms with E-state index in [0.717, 1.165) is 16.9 Å². The van der Waals surface area contributed by atoms with Gasteiger partial charge in [-0.3, -0.25) is 14.5 Å². The molecular weight excluding hydrogens is 306 g/mol. The molecule has 1 aliphatic rings. The number of rotatable bonds is 6. The van der Waals surface area contributed by atoms with Gasteiger partial charge >= 0.3 is 6.03 Å². The SMILES string of the molecule is CCCNC(=O)CN1C(=O)N[C@@](C)(c2ccc(C(C)C)cc2)C1=O. The van der Waals surface area contributed by atoms with Crippen LogP contribution in [0.5, 0.6) is 0 Å². The summed E-state index contributed by atoms with van der Waals surface area (Å²) in [7, 11) is 0. The number of carbonyl (C=O) groups is 3. The lowest BCUT2D eigenvalue weighted by Gasteiger charge is -2.22. The van der Waals surface area contributed by atoms with E-state index in [9.17, 15) is 14.4 Å². The zero-order valence-corrected chi connectivity index (χ0v) is 14.7. The molecule has 4 amide bonds. The molecule has 1 aromatic rings. The Bertz CT molecular complexity index is 639. The summed E-state index contributed by atoms with van der Waals surface area (Å²) in [4.78, 5) is 37.7. The molecular formula is C18H25N3O3. The van der Waals surface area contributed by atoms with Gasteiger partial charge in [0.2, 0.25) is 5.91 Å². The van der Waals surface area contributed by atoms with E-state index in [4.69, 9.17) is 0 Å². The van der Waals surface area contributed by atoms with Crippen LogP contribution in [-0.2, 0) is 15.1 Å². The maximum Gasteiger partial charge on any atom is 0.325 e. The van der Waals surface area contributed by atoms with Crippen LogP contribution in [0.4, 0.5) is 4.79 Å². The Labute approximate surface area is 142 Å². The summed E-state index contributed by atoms with van der Waals surface area (Å²) >= 11 is 0. The van der Waals surface area contributed by atoms with Crippen LogP contribution in [0.15, 0.2) is 24.3 Å². The number of hydrogen-bond donors (Lipinski definition) is 2. The molecule has 130 valence electrons. The van der Waals surface area contributed by atoms with Crippen LogP contribution in [0.25, 0.3) is 0 Å². The molecule has 0 spiro atoms. The molecule has 1 fully saturated rings. The summed E-state index contributed by atoms with van der Waals surface area (Å²) < 4.78 is 0. The van der Waals surface area contributed by atoms with Gasteiger partial charge in [-0.25, -0.2) is 4.79 Å². The first-order chi connectivity index (χ1) is 11.3. The molecule has 0 bridgehead atoms. The van der Waals surface area contributed by atoms with Gasteiger partial charge in [0.1, 0.15) is 12.1 Å². The van der Waals surface area contributed by atoms with E-state index in [0.29, 0.717) is 18.0 Å². The molecule has 1 aliphatic heterocycles. The maximum atomic E-state index is 12.7. The highest BCUT2D eigenvalue weighted by atomic mass is 16.2. The Balaban J connectivity index is 2.18. The number of nitrogens with zero attached hydrogens (tertiary/aromatic N) is 1. The van der Waals surface area contributed by atoms with Crippen molar-refractivity contribution in [2.45, 2.75) is 45.6 Å². The first-order valence-electron chi connectivity index (χ1n) is 8.30. The van der Waals surface area contributed by atoms with Crippen LogP contribution in [0.1, 0.15) is 51.2 Å². The van der Waals surface area contributed by atoms with Crippen LogP contribution in [-0.4, -0.2) is 35.8 Å². The monoisotopic (exact) mass is 331 g/mol. The van der Waals surface area contributed by atoms with Crippen LogP contribution in [0.3, 0.4) is 0 Å². The first kappa shape index (κ1) is 18.0. The van der Waals surface area contributed by atoms with Crippen molar-refractivity contribution in [3.05, 3.63) is 35.4 Å². The predicted molar refractivity (Wildman–Crippen MR) is 91.4 cm³/mol. The van der Waals surface area contributed by atoms with Crippen LogP contribution in [0, 0.1) is 0 Å². The number of urea groups is 1. The molecule has 1 saturated heterocycles. The molecule has 0 aliphatic carbocycles. The normalized spacial score (nSPS) is 20.5. The molecule has 0 radical (unpaired) electrons. The predicted octanol–water partition coefficient (Wildman–Crippen LogP) is 2.10. The molecule has 1 heterocycles. The van der Waals surface area contributed by atoms with Crippen molar-refractivity contribution in [3.63, 3.8) is 0 Å². The Morgan fingerprint density at radius 1 is 1.25 bits per heavy atom. The van der Waals surface area contributed by atoms with Gasteiger partial charge < -0.3 is 10.6 Å². The molecule has 24 heavy (non-hydrogen) atoms. The Morgan fingerprint density at radius 2 is 1.88 bits per heavy atom. The average molecular weight is 331 g/mol. The van der Waals surface area contributed by atoms with Gasteiger partial charge in [-0.05, 0) is 30.4 Å². The lowest BCUT2D eigenvalue weighted by atomic mass is 9.90. The smallest absolute Gasteiger partial charge is 0.325 e. The fraction of sp³-hybridized carbons (Fsp3) is 0.500. The second-order valence-corrected chi connectivity index (χ2v) is 6.57. The topological polar surface area (TPSA) is 78.5 Å². The maximum absolute atomic E-state index is 12.7. The number of carbonyl (C=O) groups excluding carboxylic acids is 3. The van der Waals surface area contributed by atoms with Crippen molar-refractivity contribution in [1.82, 2.24) is 15.5 Å². The molecule has 2 rings (SSSR count). The number of nitrogens with one attached hydrogen (secondary N) is 2. The second-order valence-electron chi connectivity index (χ2n) is 6.57. The Hall–Kier alpha value is -2.37. The fourth-order valence-corrected chi connectivity index (χ4v) is 2.70. The summed E-state index contributed by atoms with van der Waals surface area (Å²) in [6, 6.07) is 7.09. The van der Waals surface area contributed by atoms with Gasteiger partial charge in [0, 0.05) is 6.54 Å². The van der Waals surface area contributed by atoms with Gasteiger partial charge in [0.25, 0.3) is 5.91 Å². The molecule has 6 nitrogen and oxygen atoms in total. The summed E-state index contributed by atoms with van der Waals surface area (Å²) in [6.45, 7) is 8.06. The third-order valence-corrected chi connectivity index (χ3v) is 4.30. The highest BCUT2D eigenvalue weighted by molar-refractivity contribution is 6.09. The zero-order valence-electron chi connectivity index (χ0n) is 14.7. The second kappa shape index (κ2) is 7.03. The van der Waals surface area contributed by atoms with Crippen molar-refractivity contribution in [3.8, 4) is 0 Å². The van der Waals surface area contributed by atoms with E-state index in [1.54, 1.807) is 6.92 Å². The molecule has 2 N–H and O–H groups in total. The van der Waals surface area contributed by atoms with Crippen LogP contribution >= 0.6 is 0 Å². The highest BCUT2D eigenvalue weighted by Crippen LogP contribution is 2.29. The van der Waals surface area contributed by atoms with E-state index < -0.39 is 17.5 Å². The summed E-state index contributed by atoms with van der Waals surface area (Å²) in [5, 5.41) is 5.39. The van der Waals surface area contributed by atoms with Crippen molar-refractivity contribution < 1.29 is 14.4 Å². The van der Waals surface area contributed by atoms with Crippen LogP contribution in [0.2, 0.25) is 0 Å².